The van der Waals surface area contributed by atoms with Crippen molar-refractivity contribution in [3.05, 3.63) is 5.89 Å². The molecule has 66 valence electrons. The summed E-state index contributed by atoms with van der Waals surface area (Å²) in [6.07, 6.45) is 2.88. The Labute approximate surface area is 74.7 Å². The Kier molecular flexibility index (Phi) is 3.28. The molecule has 0 saturated carbocycles. The van der Waals surface area contributed by atoms with Gasteiger partial charge in [0.2, 0.25) is 5.89 Å². The van der Waals surface area contributed by atoms with E-state index in [1.807, 2.05) is 6.26 Å². The average molecular weight is 186 g/mol. The molecule has 0 unspecified atom stereocenters. The van der Waals surface area contributed by atoms with E-state index in [1.54, 1.807) is 6.92 Å². The molecule has 0 aromatic carbocycles. The lowest BCUT2D eigenvalue weighted by atomic mass is 10.2. The maximum Gasteiger partial charge on any atom is 0.276 e. The van der Waals surface area contributed by atoms with Crippen molar-refractivity contribution >= 4 is 17.5 Å². The number of carbonyl (C=O) groups is 1. The molecule has 5 heteroatoms. The quantitative estimate of drug-likeness (QED) is 0.663. The van der Waals surface area contributed by atoms with Crippen LogP contribution in [-0.4, -0.2) is 22.2 Å². The van der Waals surface area contributed by atoms with Crippen molar-refractivity contribution in [2.75, 3.05) is 6.26 Å². The van der Waals surface area contributed by atoms with Gasteiger partial charge in [-0.05, 0) is 13.2 Å². The molecule has 0 fully saturated rings. The van der Waals surface area contributed by atoms with Gasteiger partial charge in [0.1, 0.15) is 5.78 Å². The summed E-state index contributed by atoms with van der Waals surface area (Å²) < 4.78 is 5.17. The van der Waals surface area contributed by atoms with Crippen LogP contribution in [0.2, 0.25) is 0 Å². The van der Waals surface area contributed by atoms with Crippen LogP contribution in [0, 0.1) is 0 Å². The van der Waals surface area contributed by atoms with E-state index in [0.29, 0.717) is 24.0 Å². The molecular weight excluding hydrogens is 176 g/mol. The lowest BCUT2D eigenvalue weighted by Crippen LogP contribution is -1.93. The van der Waals surface area contributed by atoms with Gasteiger partial charge in [-0.15, -0.1) is 10.2 Å². The fourth-order valence-electron chi connectivity index (χ4n) is 0.705. The number of carbonyl (C=O) groups excluding carboxylic acids is 1. The standard InChI is InChI=1S/C7H10N2O2S/c1-5(10)3-4-6-8-9-7(11-6)12-2/h3-4H2,1-2H3. The van der Waals surface area contributed by atoms with Crippen LogP contribution < -0.4 is 0 Å². The molecule has 12 heavy (non-hydrogen) atoms. The summed E-state index contributed by atoms with van der Waals surface area (Å²) >= 11 is 1.40. The SMILES string of the molecule is CSc1nnc(CCC(C)=O)o1. The van der Waals surface area contributed by atoms with E-state index >= 15 is 0 Å². The molecule has 0 aliphatic rings. The van der Waals surface area contributed by atoms with Gasteiger partial charge in [0, 0.05) is 12.8 Å². The largest absolute Gasteiger partial charge is 0.416 e. The summed E-state index contributed by atoms with van der Waals surface area (Å²) in [7, 11) is 0. The van der Waals surface area contributed by atoms with Gasteiger partial charge < -0.3 is 9.21 Å². The Morgan fingerprint density at radius 1 is 1.58 bits per heavy atom. The predicted octanol–water partition coefficient (Wildman–Crippen LogP) is 1.31. The molecular formula is C7H10N2O2S. The van der Waals surface area contributed by atoms with E-state index in [2.05, 4.69) is 10.2 Å². The van der Waals surface area contributed by atoms with Gasteiger partial charge in [-0.25, -0.2) is 0 Å². The molecule has 0 saturated heterocycles. The Morgan fingerprint density at radius 3 is 2.83 bits per heavy atom. The number of aryl methyl sites for hydroxylation is 1. The molecule has 0 spiro atoms. The Balaban J connectivity index is 2.47. The second kappa shape index (κ2) is 4.25. The van der Waals surface area contributed by atoms with Gasteiger partial charge in [0.25, 0.3) is 5.22 Å². The number of thioether (sulfide) groups is 1. The van der Waals surface area contributed by atoms with E-state index in [4.69, 9.17) is 4.42 Å². The van der Waals surface area contributed by atoms with Crippen LogP contribution in [0.4, 0.5) is 0 Å². The number of rotatable bonds is 4. The maximum absolute atomic E-state index is 10.6. The van der Waals surface area contributed by atoms with E-state index in [-0.39, 0.29) is 5.78 Å². The second-order valence-corrected chi connectivity index (χ2v) is 3.13. The highest BCUT2D eigenvalue weighted by Gasteiger charge is 2.05. The van der Waals surface area contributed by atoms with E-state index < -0.39 is 0 Å². The van der Waals surface area contributed by atoms with Gasteiger partial charge in [0.15, 0.2) is 0 Å². The zero-order valence-electron chi connectivity index (χ0n) is 7.03. The molecule has 1 rings (SSSR count). The number of ketones is 1. The second-order valence-electron chi connectivity index (χ2n) is 2.37. The normalized spacial score (nSPS) is 10.2. The summed E-state index contributed by atoms with van der Waals surface area (Å²) in [6.45, 7) is 1.55. The molecule has 0 radical (unpaired) electrons. The van der Waals surface area contributed by atoms with Gasteiger partial charge in [-0.2, -0.15) is 0 Å². The van der Waals surface area contributed by atoms with Crippen LogP contribution in [0.15, 0.2) is 9.64 Å². The number of aromatic nitrogens is 2. The molecule has 0 aliphatic carbocycles. The fraction of sp³-hybridized carbons (Fsp3) is 0.571. The molecule has 0 aliphatic heterocycles. The summed E-state index contributed by atoms with van der Waals surface area (Å²) in [4.78, 5) is 10.6. The lowest BCUT2D eigenvalue weighted by molar-refractivity contribution is -0.117. The summed E-state index contributed by atoms with van der Waals surface area (Å²) in [5.41, 5.74) is 0. The van der Waals surface area contributed by atoms with E-state index in [9.17, 15) is 4.79 Å². The van der Waals surface area contributed by atoms with Crippen LogP contribution in [0.5, 0.6) is 0 Å². The van der Waals surface area contributed by atoms with Gasteiger partial charge in [0.05, 0.1) is 0 Å². The van der Waals surface area contributed by atoms with E-state index in [1.165, 1.54) is 11.8 Å². The number of hydrogen-bond acceptors (Lipinski definition) is 5. The Morgan fingerprint density at radius 2 is 2.33 bits per heavy atom. The van der Waals surface area contributed by atoms with Gasteiger partial charge in [-0.1, -0.05) is 11.8 Å². The van der Waals surface area contributed by atoms with E-state index in [0.717, 1.165) is 0 Å². The van der Waals surface area contributed by atoms with Crippen LogP contribution in [0.25, 0.3) is 0 Å². The monoisotopic (exact) mass is 186 g/mol. The van der Waals surface area contributed by atoms with Crippen LogP contribution in [-0.2, 0) is 11.2 Å². The first-order valence-corrected chi connectivity index (χ1v) is 4.80. The zero-order valence-corrected chi connectivity index (χ0v) is 7.85. The number of nitrogens with zero attached hydrogens (tertiary/aromatic N) is 2. The highest BCUT2D eigenvalue weighted by Crippen LogP contribution is 2.12. The Hall–Kier alpha value is -0.840. The maximum atomic E-state index is 10.6. The average Bonchev–Trinajstić information content (AvgIpc) is 2.48. The first-order chi connectivity index (χ1) is 5.72. The van der Waals surface area contributed by atoms with Crippen molar-refractivity contribution in [3.8, 4) is 0 Å². The zero-order chi connectivity index (χ0) is 8.97. The lowest BCUT2D eigenvalue weighted by Gasteiger charge is -1.88. The first kappa shape index (κ1) is 9.25. The van der Waals surface area contributed by atoms with Crippen LogP contribution in [0.3, 0.4) is 0 Å². The highest BCUT2D eigenvalue weighted by molar-refractivity contribution is 7.98. The van der Waals surface area contributed by atoms with Crippen molar-refractivity contribution in [2.24, 2.45) is 0 Å². The summed E-state index contributed by atoms with van der Waals surface area (Å²) in [5, 5.41) is 8.07. The third kappa shape index (κ3) is 2.65. The van der Waals surface area contributed by atoms with Crippen molar-refractivity contribution in [1.82, 2.24) is 10.2 Å². The van der Waals surface area contributed by atoms with Crippen LogP contribution in [0.1, 0.15) is 19.2 Å². The van der Waals surface area contributed by atoms with Gasteiger partial charge >= 0.3 is 0 Å². The summed E-state index contributed by atoms with van der Waals surface area (Å²) in [6, 6.07) is 0. The predicted molar refractivity (Wildman–Crippen MR) is 45.1 cm³/mol. The van der Waals surface area contributed by atoms with Crippen molar-refractivity contribution in [3.63, 3.8) is 0 Å². The minimum absolute atomic E-state index is 0.138. The molecule has 1 aromatic heterocycles. The molecule has 0 bridgehead atoms. The Bertz CT molecular complexity index is 272. The fourth-order valence-corrected chi connectivity index (χ4v) is 1.01. The third-order valence-corrected chi connectivity index (χ3v) is 1.83. The summed E-state index contributed by atoms with van der Waals surface area (Å²) in [5.74, 6) is 0.674. The topological polar surface area (TPSA) is 56.0 Å². The van der Waals surface area contributed by atoms with Gasteiger partial charge in [-0.3, -0.25) is 0 Å². The minimum Gasteiger partial charge on any atom is -0.416 e. The molecule has 4 nitrogen and oxygen atoms in total. The highest BCUT2D eigenvalue weighted by atomic mass is 32.2. The molecule has 0 atom stereocenters. The number of hydrogen-bond donors (Lipinski definition) is 0. The van der Waals surface area contributed by atoms with Crippen molar-refractivity contribution in [2.45, 2.75) is 25.0 Å². The minimum atomic E-state index is 0.138. The molecule has 0 N–H and O–H groups in total. The smallest absolute Gasteiger partial charge is 0.276 e. The molecule has 0 amide bonds. The first-order valence-electron chi connectivity index (χ1n) is 3.58. The molecule has 1 aromatic rings. The third-order valence-electron chi connectivity index (χ3n) is 1.31. The van der Waals surface area contributed by atoms with Crippen LogP contribution >= 0.6 is 11.8 Å². The van der Waals surface area contributed by atoms with Crippen molar-refractivity contribution < 1.29 is 9.21 Å². The molecule has 1 heterocycles. The van der Waals surface area contributed by atoms with Crippen molar-refractivity contribution in [1.29, 1.82) is 0 Å². The number of Topliss-reactive ketones (excluding diaryl/α,β-unsaturated/α-hetero) is 1.